The van der Waals surface area contributed by atoms with Crippen molar-refractivity contribution < 1.29 is 24.8 Å². The fourth-order valence-corrected chi connectivity index (χ4v) is 1.49. The van der Waals surface area contributed by atoms with E-state index in [1.807, 2.05) is 0 Å². The van der Waals surface area contributed by atoms with Crippen LogP contribution in [0.2, 0.25) is 0 Å². The molecule has 0 aliphatic carbocycles. The topological polar surface area (TPSA) is 79.2 Å². The number of rotatable bonds is 1. The fraction of sp³-hybridized carbons (Fsp3) is 1.00. The van der Waals surface area contributed by atoms with E-state index in [0.29, 0.717) is 0 Å². The lowest BCUT2D eigenvalue weighted by molar-refractivity contribution is -0.141. The van der Waals surface area contributed by atoms with Crippen LogP contribution in [0.25, 0.3) is 0 Å². The molecule has 0 aromatic carbocycles. The van der Waals surface area contributed by atoms with Gasteiger partial charge in [-0.1, -0.05) is 0 Å². The maximum atomic E-state index is 9.22. The van der Waals surface area contributed by atoms with Gasteiger partial charge in [0, 0.05) is 0 Å². The molecule has 11 heavy (non-hydrogen) atoms. The van der Waals surface area contributed by atoms with Crippen LogP contribution in [0.15, 0.2) is 0 Å². The Balaban J connectivity index is 2.10. The van der Waals surface area contributed by atoms with Crippen LogP contribution in [0.3, 0.4) is 0 Å². The fourth-order valence-electron chi connectivity index (χ4n) is 1.49. The van der Waals surface area contributed by atoms with Crippen molar-refractivity contribution in [1.82, 2.24) is 0 Å². The lowest BCUT2D eigenvalue weighted by atomic mass is 10.0. The highest BCUT2D eigenvalue weighted by atomic mass is 16.8. The van der Waals surface area contributed by atoms with Gasteiger partial charge >= 0.3 is 0 Å². The molecule has 0 aromatic heterocycles. The first-order chi connectivity index (χ1) is 5.24. The number of aliphatic hydroxyl groups excluding tert-OH is 3. The smallest absolute Gasteiger partial charge is 0.187 e. The zero-order chi connectivity index (χ0) is 8.01. The predicted octanol–water partition coefficient (Wildman–Crippen LogP) is -2.18. The van der Waals surface area contributed by atoms with Crippen LogP contribution in [-0.2, 0) is 9.47 Å². The van der Waals surface area contributed by atoms with E-state index in [4.69, 9.17) is 19.7 Å². The van der Waals surface area contributed by atoms with Gasteiger partial charge in [-0.2, -0.15) is 0 Å². The molecule has 2 heterocycles. The maximum absolute atomic E-state index is 9.22. The molecule has 0 aromatic rings. The van der Waals surface area contributed by atoms with Crippen molar-refractivity contribution in [3.8, 4) is 0 Å². The lowest BCUT2D eigenvalue weighted by Crippen LogP contribution is -2.46. The Morgan fingerprint density at radius 2 is 1.82 bits per heavy atom. The van der Waals surface area contributed by atoms with Gasteiger partial charge in [0.2, 0.25) is 0 Å². The Hall–Kier alpha value is -0.200. The van der Waals surface area contributed by atoms with Crippen LogP contribution in [0.1, 0.15) is 0 Å². The summed E-state index contributed by atoms with van der Waals surface area (Å²) in [4.78, 5) is 0. The summed E-state index contributed by atoms with van der Waals surface area (Å²) in [6.07, 6.45) is -3.71. The summed E-state index contributed by atoms with van der Waals surface area (Å²) in [6.45, 7) is -0.190. The van der Waals surface area contributed by atoms with E-state index in [1.54, 1.807) is 0 Å². The molecule has 0 amide bonds. The van der Waals surface area contributed by atoms with Crippen LogP contribution in [-0.4, -0.2) is 52.6 Å². The summed E-state index contributed by atoms with van der Waals surface area (Å²) in [5, 5.41) is 27.0. The van der Waals surface area contributed by atoms with E-state index in [0.717, 1.165) is 0 Å². The molecule has 3 N–H and O–H groups in total. The third-order valence-corrected chi connectivity index (χ3v) is 2.11. The Bertz CT molecular complexity index is 155. The molecule has 2 aliphatic heterocycles. The molecule has 2 fully saturated rings. The molecular formula is C6H10O5. The van der Waals surface area contributed by atoms with Gasteiger partial charge in [-0.25, -0.2) is 0 Å². The predicted molar refractivity (Wildman–Crippen MR) is 32.6 cm³/mol. The third kappa shape index (κ3) is 0.896. The Morgan fingerprint density at radius 1 is 1.09 bits per heavy atom. The Kier molecular flexibility index (Phi) is 1.62. The summed E-state index contributed by atoms with van der Waals surface area (Å²) in [5.41, 5.74) is 0. The highest BCUT2D eigenvalue weighted by Crippen LogP contribution is 2.33. The standard InChI is InChI=1S/C6H10O5/c7-1-2-5-3(8)4(9)6(10-2)11-5/h2-9H,1H2/t2-,3+,4-,5-,6+/m1/s1. The first-order valence-corrected chi connectivity index (χ1v) is 3.52. The highest BCUT2D eigenvalue weighted by Gasteiger charge is 2.54. The van der Waals surface area contributed by atoms with Gasteiger partial charge in [-0.15, -0.1) is 0 Å². The molecule has 2 rings (SSSR count). The minimum atomic E-state index is -0.970. The van der Waals surface area contributed by atoms with Crippen molar-refractivity contribution in [3.05, 3.63) is 0 Å². The van der Waals surface area contributed by atoms with Crippen molar-refractivity contribution in [1.29, 1.82) is 0 Å². The summed E-state index contributed by atoms with van der Waals surface area (Å²) in [6, 6.07) is 0. The van der Waals surface area contributed by atoms with Gasteiger partial charge < -0.3 is 24.8 Å². The maximum Gasteiger partial charge on any atom is 0.187 e. The molecule has 2 bridgehead atoms. The van der Waals surface area contributed by atoms with E-state index in [2.05, 4.69) is 0 Å². The van der Waals surface area contributed by atoms with Gasteiger partial charge in [0.05, 0.1) is 6.61 Å². The van der Waals surface area contributed by atoms with Crippen molar-refractivity contribution in [2.24, 2.45) is 0 Å². The van der Waals surface area contributed by atoms with Crippen LogP contribution < -0.4 is 0 Å². The molecule has 5 nitrogen and oxygen atoms in total. The first-order valence-electron chi connectivity index (χ1n) is 3.52. The summed E-state index contributed by atoms with van der Waals surface area (Å²) in [5.74, 6) is 0. The second kappa shape index (κ2) is 2.40. The number of fused-ring (bicyclic) bond motifs is 2. The summed E-state index contributed by atoms with van der Waals surface area (Å²) >= 11 is 0. The molecule has 0 spiro atoms. The van der Waals surface area contributed by atoms with E-state index < -0.39 is 30.7 Å². The molecule has 5 heteroatoms. The van der Waals surface area contributed by atoms with E-state index >= 15 is 0 Å². The number of hydrogen-bond acceptors (Lipinski definition) is 5. The molecule has 0 radical (unpaired) electrons. The molecular weight excluding hydrogens is 152 g/mol. The van der Waals surface area contributed by atoms with E-state index in [-0.39, 0.29) is 6.61 Å². The Labute approximate surface area is 63.2 Å². The zero-order valence-electron chi connectivity index (χ0n) is 5.75. The van der Waals surface area contributed by atoms with Gasteiger partial charge in [-0.05, 0) is 0 Å². The number of ether oxygens (including phenoxy) is 2. The largest absolute Gasteiger partial charge is 0.394 e. The van der Waals surface area contributed by atoms with Crippen LogP contribution >= 0.6 is 0 Å². The minimum absolute atomic E-state index is 0.190. The van der Waals surface area contributed by atoms with Crippen LogP contribution in [0.4, 0.5) is 0 Å². The van der Waals surface area contributed by atoms with Gasteiger partial charge in [0.15, 0.2) is 6.29 Å². The number of hydrogen-bond donors (Lipinski definition) is 3. The Morgan fingerprint density at radius 3 is 2.27 bits per heavy atom. The average Bonchev–Trinajstić information content (AvgIpc) is 2.53. The van der Waals surface area contributed by atoms with Crippen LogP contribution in [0.5, 0.6) is 0 Å². The quantitative estimate of drug-likeness (QED) is 0.408. The van der Waals surface area contributed by atoms with Gasteiger partial charge in [0.1, 0.15) is 24.4 Å². The number of aliphatic hydroxyl groups is 3. The van der Waals surface area contributed by atoms with Gasteiger partial charge in [0.25, 0.3) is 0 Å². The highest BCUT2D eigenvalue weighted by molar-refractivity contribution is 4.96. The SMILES string of the molecule is OC[C@H]1O[C@H]2O[C@H]1[C@@H](O)[C@H]2O. The normalized spacial score (nSPS) is 55.4. The second-order valence-electron chi connectivity index (χ2n) is 2.81. The van der Waals surface area contributed by atoms with Crippen molar-refractivity contribution in [2.75, 3.05) is 6.61 Å². The molecule has 64 valence electrons. The summed E-state index contributed by atoms with van der Waals surface area (Å²) in [7, 11) is 0. The molecule has 0 unspecified atom stereocenters. The third-order valence-electron chi connectivity index (χ3n) is 2.11. The lowest BCUT2D eigenvalue weighted by Gasteiger charge is -2.24. The second-order valence-corrected chi connectivity index (χ2v) is 2.81. The average molecular weight is 162 g/mol. The van der Waals surface area contributed by atoms with E-state index in [9.17, 15) is 5.11 Å². The van der Waals surface area contributed by atoms with Crippen molar-refractivity contribution in [2.45, 2.75) is 30.7 Å². The minimum Gasteiger partial charge on any atom is -0.394 e. The van der Waals surface area contributed by atoms with Crippen molar-refractivity contribution >= 4 is 0 Å². The zero-order valence-corrected chi connectivity index (χ0v) is 5.75. The molecule has 2 aliphatic rings. The molecule has 5 atom stereocenters. The van der Waals surface area contributed by atoms with Gasteiger partial charge in [-0.3, -0.25) is 0 Å². The first kappa shape index (κ1) is 7.45. The monoisotopic (exact) mass is 162 g/mol. The van der Waals surface area contributed by atoms with E-state index in [1.165, 1.54) is 0 Å². The molecule has 2 saturated heterocycles. The summed E-state index contributed by atoms with van der Waals surface area (Å²) < 4.78 is 10.0. The van der Waals surface area contributed by atoms with Crippen molar-refractivity contribution in [3.63, 3.8) is 0 Å². The molecule has 0 saturated carbocycles. The van der Waals surface area contributed by atoms with Crippen LogP contribution in [0, 0.1) is 0 Å².